The smallest absolute Gasteiger partial charge is 0.248 e. The number of nitrogens with zero attached hydrogens (tertiary/aromatic N) is 1. The van der Waals surface area contributed by atoms with Crippen LogP contribution >= 0.6 is 0 Å². The van der Waals surface area contributed by atoms with Crippen molar-refractivity contribution < 1.29 is 13.2 Å². The lowest BCUT2D eigenvalue weighted by Gasteiger charge is -2.22. The van der Waals surface area contributed by atoms with Gasteiger partial charge in [-0.05, 0) is 13.3 Å². The predicted octanol–water partition coefficient (Wildman–Crippen LogP) is -0.478. The van der Waals surface area contributed by atoms with Crippen LogP contribution in [0.2, 0.25) is 0 Å². The number of carbonyl (C=O) groups excluding carboxylic acids is 1. The van der Waals surface area contributed by atoms with Crippen LogP contribution in [0.15, 0.2) is 28.2 Å². The molecule has 0 aliphatic carbocycles. The van der Waals surface area contributed by atoms with Gasteiger partial charge in [-0.15, -0.1) is 0 Å². The van der Waals surface area contributed by atoms with Gasteiger partial charge in [-0.2, -0.15) is 4.31 Å². The van der Waals surface area contributed by atoms with E-state index in [1.54, 1.807) is 6.92 Å². The van der Waals surface area contributed by atoms with Crippen molar-refractivity contribution in [2.45, 2.75) is 18.2 Å². The average molecular weight is 299 g/mol. The molecule has 0 radical (unpaired) electrons. The molecule has 1 fully saturated rings. The summed E-state index contributed by atoms with van der Waals surface area (Å²) in [7, 11) is -2.35. The molecule has 2 rings (SSSR count). The summed E-state index contributed by atoms with van der Waals surface area (Å²) in [5.41, 5.74) is -1.32. The molecule has 2 heterocycles. The highest BCUT2D eigenvalue weighted by atomic mass is 32.2. The molecule has 1 atom stereocenters. The number of H-pyrrole nitrogens is 1. The first-order valence-corrected chi connectivity index (χ1v) is 7.65. The van der Waals surface area contributed by atoms with E-state index in [9.17, 15) is 18.0 Å². The maximum Gasteiger partial charge on any atom is 0.248 e. The van der Waals surface area contributed by atoms with Gasteiger partial charge in [-0.25, -0.2) is 8.42 Å². The van der Waals surface area contributed by atoms with Crippen LogP contribution in [0.3, 0.4) is 0 Å². The molecule has 1 aliphatic rings. The van der Waals surface area contributed by atoms with Gasteiger partial charge in [0.1, 0.15) is 4.90 Å². The fraction of sp³-hybridized carbons (Fsp3) is 0.500. The quantitative estimate of drug-likeness (QED) is 0.787. The van der Waals surface area contributed by atoms with Gasteiger partial charge in [-0.1, -0.05) is 0 Å². The zero-order chi connectivity index (χ0) is 15.0. The number of aromatic nitrogens is 1. The van der Waals surface area contributed by atoms with Crippen LogP contribution in [-0.4, -0.2) is 43.8 Å². The number of aromatic amines is 1. The SMILES string of the molecule is CNC(=O)C1(C)CCN(S(=O)(=O)c2c[nH]ccc2=O)C1. The Hall–Kier alpha value is -1.67. The summed E-state index contributed by atoms with van der Waals surface area (Å²) >= 11 is 0. The molecule has 2 N–H and O–H groups in total. The monoisotopic (exact) mass is 299 g/mol. The minimum absolute atomic E-state index is 0.0728. The van der Waals surface area contributed by atoms with Gasteiger partial charge in [-0.3, -0.25) is 9.59 Å². The molecular formula is C12H17N3O4S. The minimum atomic E-state index is -3.87. The number of carbonyl (C=O) groups is 1. The van der Waals surface area contributed by atoms with Crippen LogP contribution in [0.1, 0.15) is 13.3 Å². The highest BCUT2D eigenvalue weighted by Gasteiger charge is 2.44. The summed E-state index contributed by atoms with van der Waals surface area (Å²) in [6.07, 6.45) is 2.98. The molecule has 0 bridgehead atoms. The fourth-order valence-corrected chi connectivity index (χ4v) is 3.96. The van der Waals surface area contributed by atoms with Crippen molar-refractivity contribution >= 4 is 15.9 Å². The van der Waals surface area contributed by atoms with E-state index in [2.05, 4.69) is 10.3 Å². The molecule has 0 spiro atoms. The molecule has 110 valence electrons. The lowest BCUT2D eigenvalue weighted by molar-refractivity contribution is -0.128. The van der Waals surface area contributed by atoms with E-state index in [1.807, 2.05) is 0 Å². The van der Waals surface area contributed by atoms with E-state index >= 15 is 0 Å². The van der Waals surface area contributed by atoms with Gasteiger partial charge in [0.15, 0.2) is 0 Å². The van der Waals surface area contributed by atoms with E-state index < -0.39 is 20.9 Å². The van der Waals surface area contributed by atoms with Gasteiger partial charge in [0.2, 0.25) is 21.4 Å². The first kappa shape index (κ1) is 14.7. The number of amides is 1. The summed E-state index contributed by atoms with van der Waals surface area (Å²) in [4.78, 5) is 25.8. The molecule has 1 aliphatic heterocycles. The molecule has 1 saturated heterocycles. The van der Waals surface area contributed by atoms with Crippen LogP contribution in [0.4, 0.5) is 0 Å². The van der Waals surface area contributed by atoms with Crippen molar-refractivity contribution in [3.05, 3.63) is 28.7 Å². The predicted molar refractivity (Wildman–Crippen MR) is 72.6 cm³/mol. The van der Waals surface area contributed by atoms with Crippen LogP contribution in [-0.2, 0) is 14.8 Å². The van der Waals surface area contributed by atoms with Crippen molar-refractivity contribution in [1.82, 2.24) is 14.6 Å². The molecule has 1 aromatic heterocycles. The second kappa shape index (κ2) is 5.02. The van der Waals surface area contributed by atoms with Gasteiger partial charge >= 0.3 is 0 Å². The van der Waals surface area contributed by atoms with Crippen LogP contribution in [0, 0.1) is 5.41 Å². The van der Waals surface area contributed by atoms with Crippen molar-refractivity contribution in [3.8, 4) is 0 Å². The van der Waals surface area contributed by atoms with E-state index in [0.29, 0.717) is 6.42 Å². The zero-order valence-corrected chi connectivity index (χ0v) is 12.2. The third kappa shape index (κ3) is 2.36. The Kier molecular flexibility index (Phi) is 3.70. The lowest BCUT2D eigenvalue weighted by atomic mass is 9.89. The molecule has 1 amide bonds. The van der Waals surface area contributed by atoms with Crippen LogP contribution in [0.25, 0.3) is 0 Å². The lowest BCUT2D eigenvalue weighted by Crippen LogP contribution is -2.40. The highest BCUT2D eigenvalue weighted by Crippen LogP contribution is 2.32. The van der Waals surface area contributed by atoms with E-state index in [4.69, 9.17) is 0 Å². The Morgan fingerprint density at radius 1 is 1.50 bits per heavy atom. The molecule has 8 heteroatoms. The van der Waals surface area contributed by atoms with Gasteiger partial charge in [0, 0.05) is 38.6 Å². The molecule has 0 aromatic carbocycles. The molecule has 0 saturated carbocycles. The normalized spacial score (nSPS) is 23.7. The van der Waals surface area contributed by atoms with E-state index in [-0.39, 0.29) is 23.9 Å². The average Bonchev–Trinajstić information content (AvgIpc) is 2.83. The topological polar surface area (TPSA) is 99.3 Å². The molecule has 1 unspecified atom stereocenters. The number of pyridine rings is 1. The fourth-order valence-electron chi connectivity index (χ4n) is 2.35. The first-order chi connectivity index (χ1) is 9.31. The molecule has 7 nitrogen and oxygen atoms in total. The zero-order valence-electron chi connectivity index (χ0n) is 11.3. The van der Waals surface area contributed by atoms with Crippen molar-refractivity contribution in [2.24, 2.45) is 5.41 Å². The Labute approximate surface area is 117 Å². The van der Waals surface area contributed by atoms with E-state index in [0.717, 1.165) is 0 Å². The Morgan fingerprint density at radius 2 is 2.20 bits per heavy atom. The number of hydrogen-bond acceptors (Lipinski definition) is 4. The summed E-state index contributed by atoms with van der Waals surface area (Å²) < 4.78 is 26.0. The Balaban J connectivity index is 2.33. The van der Waals surface area contributed by atoms with Crippen molar-refractivity contribution in [3.63, 3.8) is 0 Å². The van der Waals surface area contributed by atoms with Gasteiger partial charge in [0.25, 0.3) is 0 Å². The Bertz CT molecular complexity index is 682. The van der Waals surface area contributed by atoms with Crippen molar-refractivity contribution in [2.75, 3.05) is 20.1 Å². The minimum Gasteiger partial charge on any atom is -0.366 e. The molecular weight excluding hydrogens is 282 g/mol. The number of nitrogens with one attached hydrogen (secondary N) is 2. The standard InChI is InChI=1S/C12H17N3O4S/c1-12(11(17)13-2)4-6-15(8-12)20(18,19)10-7-14-5-3-9(10)16/h3,5,7H,4,6,8H2,1-2H3,(H,13,17)(H,14,16). The van der Waals surface area contributed by atoms with Crippen LogP contribution in [0.5, 0.6) is 0 Å². The first-order valence-electron chi connectivity index (χ1n) is 6.21. The summed E-state index contributed by atoms with van der Waals surface area (Å²) in [6.45, 7) is 2.01. The Morgan fingerprint density at radius 3 is 2.80 bits per heavy atom. The molecule has 1 aromatic rings. The highest BCUT2D eigenvalue weighted by molar-refractivity contribution is 7.89. The number of sulfonamides is 1. The number of hydrogen-bond donors (Lipinski definition) is 2. The maximum atomic E-state index is 12.4. The second-order valence-corrected chi connectivity index (χ2v) is 7.01. The van der Waals surface area contributed by atoms with E-state index in [1.165, 1.54) is 29.8 Å². The second-order valence-electron chi connectivity index (χ2n) is 5.10. The third-order valence-corrected chi connectivity index (χ3v) is 5.49. The maximum absolute atomic E-state index is 12.4. The van der Waals surface area contributed by atoms with Crippen LogP contribution < -0.4 is 10.7 Å². The number of rotatable bonds is 3. The summed E-state index contributed by atoms with van der Waals surface area (Å²) in [5.74, 6) is -0.197. The van der Waals surface area contributed by atoms with Gasteiger partial charge in [0.05, 0.1) is 5.41 Å². The summed E-state index contributed by atoms with van der Waals surface area (Å²) in [6, 6.07) is 1.17. The summed E-state index contributed by atoms with van der Waals surface area (Å²) in [5, 5.41) is 2.54. The van der Waals surface area contributed by atoms with Gasteiger partial charge < -0.3 is 10.3 Å². The largest absolute Gasteiger partial charge is 0.366 e. The van der Waals surface area contributed by atoms with Crippen molar-refractivity contribution in [1.29, 1.82) is 0 Å². The molecule has 20 heavy (non-hydrogen) atoms. The third-order valence-electron chi connectivity index (χ3n) is 3.62.